The molecule has 1 aromatic heterocycles. The fraction of sp³-hybridized carbons (Fsp3) is 0.323. The predicted molar refractivity (Wildman–Crippen MR) is 143 cm³/mol. The highest BCUT2D eigenvalue weighted by Crippen LogP contribution is 2.31. The van der Waals surface area contributed by atoms with Gasteiger partial charge in [0.15, 0.2) is 17.5 Å². The monoisotopic (exact) mass is 449 g/mol. The number of rotatable bonds is 8. The lowest BCUT2D eigenvalue weighted by Crippen LogP contribution is -2.16. The Morgan fingerprint density at radius 2 is 1.12 bits per heavy atom. The average molecular weight is 450 g/mol. The lowest BCUT2D eigenvalue weighted by molar-refractivity contribution is 0.473. The Morgan fingerprint density at radius 3 is 1.59 bits per heavy atom. The molecule has 0 spiro atoms. The largest absolute Gasteiger partial charge is 0.208 e. The maximum Gasteiger partial charge on any atom is 0.164 e. The maximum absolute atomic E-state index is 4.90. The zero-order valence-corrected chi connectivity index (χ0v) is 21.0. The second-order valence-electron chi connectivity index (χ2n) is 9.81. The summed E-state index contributed by atoms with van der Waals surface area (Å²) >= 11 is 0. The standard InChI is InChI=1S/C31H35N3/c1-6-21-31(4,5)27-19-17-26(18-20-27)30-33-28(24-11-9-8-10-12-24)32-29(34-30)25-15-13-23(14-16-25)22(3)7-2/h8-20,22H,6-7,21H2,1-5H3. The Kier molecular flexibility index (Phi) is 7.21. The molecule has 0 saturated heterocycles. The van der Waals surface area contributed by atoms with Gasteiger partial charge in [0.1, 0.15) is 0 Å². The number of benzene rings is 3. The lowest BCUT2D eigenvalue weighted by atomic mass is 9.80. The van der Waals surface area contributed by atoms with Gasteiger partial charge in [0.2, 0.25) is 0 Å². The highest BCUT2D eigenvalue weighted by Gasteiger charge is 2.20. The van der Waals surface area contributed by atoms with Gasteiger partial charge in [-0.25, -0.2) is 15.0 Å². The summed E-state index contributed by atoms with van der Waals surface area (Å²) in [7, 11) is 0. The summed E-state index contributed by atoms with van der Waals surface area (Å²) in [5, 5.41) is 0. The van der Waals surface area contributed by atoms with Gasteiger partial charge >= 0.3 is 0 Å². The molecule has 0 N–H and O–H groups in total. The van der Waals surface area contributed by atoms with Crippen LogP contribution >= 0.6 is 0 Å². The molecule has 0 bridgehead atoms. The predicted octanol–water partition coefficient (Wildman–Crippen LogP) is 8.46. The Hall–Kier alpha value is -3.33. The molecule has 4 aromatic rings. The van der Waals surface area contributed by atoms with Crippen LogP contribution in [0.1, 0.15) is 70.9 Å². The maximum atomic E-state index is 4.90. The zero-order chi connectivity index (χ0) is 24.1. The molecule has 3 aromatic carbocycles. The summed E-state index contributed by atoms with van der Waals surface area (Å²) in [5.74, 6) is 2.64. The number of aromatic nitrogens is 3. The average Bonchev–Trinajstić information content (AvgIpc) is 2.88. The van der Waals surface area contributed by atoms with Crippen molar-refractivity contribution in [1.82, 2.24) is 15.0 Å². The Labute approximate surface area is 204 Å². The summed E-state index contributed by atoms with van der Waals surface area (Å²) in [4.78, 5) is 14.6. The van der Waals surface area contributed by atoms with Crippen molar-refractivity contribution < 1.29 is 0 Å². The van der Waals surface area contributed by atoms with Gasteiger partial charge in [-0.3, -0.25) is 0 Å². The Bertz CT molecular complexity index is 1210. The van der Waals surface area contributed by atoms with Crippen LogP contribution in [-0.4, -0.2) is 15.0 Å². The first-order valence-electron chi connectivity index (χ1n) is 12.4. The van der Waals surface area contributed by atoms with Gasteiger partial charge in [-0.15, -0.1) is 0 Å². The SMILES string of the molecule is CCCC(C)(C)c1ccc(-c2nc(-c3ccccc3)nc(-c3ccc(C(C)CC)cc3)n2)cc1. The molecule has 1 heterocycles. The van der Waals surface area contributed by atoms with E-state index in [-0.39, 0.29) is 5.41 Å². The van der Waals surface area contributed by atoms with Gasteiger partial charge in [0.05, 0.1) is 0 Å². The Morgan fingerprint density at radius 1 is 0.647 bits per heavy atom. The molecular formula is C31H35N3. The van der Waals surface area contributed by atoms with Crippen LogP contribution < -0.4 is 0 Å². The Balaban J connectivity index is 1.77. The molecule has 3 nitrogen and oxygen atoms in total. The first-order chi connectivity index (χ1) is 16.4. The van der Waals surface area contributed by atoms with Crippen LogP contribution in [0.15, 0.2) is 78.9 Å². The fourth-order valence-corrected chi connectivity index (χ4v) is 4.39. The van der Waals surface area contributed by atoms with Crippen molar-refractivity contribution in [2.24, 2.45) is 0 Å². The molecule has 0 radical (unpaired) electrons. The minimum Gasteiger partial charge on any atom is -0.208 e. The third-order valence-corrected chi connectivity index (χ3v) is 6.82. The molecular weight excluding hydrogens is 414 g/mol. The third-order valence-electron chi connectivity index (χ3n) is 6.82. The van der Waals surface area contributed by atoms with E-state index in [1.165, 1.54) is 17.5 Å². The first-order valence-corrected chi connectivity index (χ1v) is 12.4. The molecule has 4 rings (SSSR count). The van der Waals surface area contributed by atoms with E-state index in [0.717, 1.165) is 29.5 Å². The molecule has 0 saturated carbocycles. The minimum absolute atomic E-state index is 0.157. The summed E-state index contributed by atoms with van der Waals surface area (Å²) < 4.78 is 0. The van der Waals surface area contributed by atoms with E-state index in [1.54, 1.807) is 0 Å². The van der Waals surface area contributed by atoms with Crippen LogP contribution in [0, 0.1) is 0 Å². The quantitative estimate of drug-likeness (QED) is 0.271. The molecule has 0 aliphatic heterocycles. The number of hydrogen-bond acceptors (Lipinski definition) is 3. The first kappa shape index (κ1) is 23.8. The fourth-order valence-electron chi connectivity index (χ4n) is 4.39. The lowest BCUT2D eigenvalue weighted by Gasteiger charge is -2.24. The van der Waals surface area contributed by atoms with Crippen LogP contribution in [0.25, 0.3) is 34.2 Å². The minimum atomic E-state index is 0.157. The van der Waals surface area contributed by atoms with Crippen LogP contribution in [0.3, 0.4) is 0 Å². The molecule has 1 unspecified atom stereocenters. The van der Waals surface area contributed by atoms with E-state index in [1.807, 2.05) is 30.3 Å². The van der Waals surface area contributed by atoms with Crippen molar-refractivity contribution in [2.75, 3.05) is 0 Å². The van der Waals surface area contributed by atoms with Gasteiger partial charge in [0.25, 0.3) is 0 Å². The third kappa shape index (κ3) is 5.25. The second kappa shape index (κ2) is 10.3. The van der Waals surface area contributed by atoms with E-state index in [0.29, 0.717) is 23.4 Å². The van der Waals surface area contributed by atoms with Crippen molar-refractivity contribution in [1.29, 1.82) is 0 Å². The summed E-state index contributed by atoms with van der Waals surface area (Å²) in [5.41, 5.74) is 5.85. The van der Waals surface area contributed by atoms with Gasteiger partial charge in [0, 0.05) is 16.7 Å². The van der Waals surface area contributed by atoms with Gasteiger partial charge in [-0.05, 0) is 35.3 Å². The molecule has 174 valence electrons. The molecule has 0 amide bonds. The van der Waals surface area contributed by atoms with Gasteiger partial charge < -0.3 is 0 Å². The molecule has 3 heteroatoms. The summed E-state index contributed by atoms with van der Waals surface area (Å²) in [6.45, 7) is 11.3. The van der Waals surface area contributed by atoms with E-state index < -0.39 is 0 Å². The smallest absolute Gasteiger partial charge is 0.164 e. The topological polar surface area (TPSA) is 38.7 Å². The van der Waals surface area contributed by atoms with Gasteiger partial charge in [-0.1, -0.05) is 120 Å². The summed E-state index contributed by atoms with van der Waals surface area (Å²) in [6.07, 6.45) is 3.45. The molecule has 0 aliphatic rings. The van der Waals surface area contributed by atoms with Crippen LogP contribution in [0.4, 0.5) is 0 Å². The normalized spacial score (nSPS) is 12.5. The molecule has 0 fully saturated rings. The highest BCUT2D eigenvalue weighted by molar-refractivity contribution is 5.66. The van der Waals surface area contributed by atoms with Gasteiger partial charge in [-0.2, -0.15) is 0 Å². The van der Waals surface area contributed by atoms with Crippen molar-refractivity contribution in [3.63, 3.8) is 0 Å². The zero-order valence-electron chi connectivity index (χ0n) is 21.0. The highest BCUT2D eigenvalue weighted by atomic mass is 15.0. The van der Waals surface area contributed by atoms with E-state index >= 15 is 0 Å². The van der Waals surface area contributed by atoms with Crippen molar-refractivity contribution >= 4 is 0 Å². The second-order valence-corrected chi connectivity index (χ2v) is 9.81. The molecule has 1 atom stereocenters. The number of nitrogens with zero attached hydrogens (tertiary/aromatic N) is 3. The van der Waals surface area contributed by atoms with E-state index in [4.69, 9.17) is 15.0 Å². The van der Waals surface area contributed by atoms with E-state index in [9.17, 15) is 0 Å². The van der Waals surface area contributed by atoms with Crippen LogP contribution in [0.5, 0.6) is 0 Å². The molecule has 0 aliphatic carbocycles. The molecule has 34 heavy (non-hydrogen) atoms. The van der Waals surface area contributed by atoms with Crippen molar-refractivity contribution in [2.45, 2.75) is 65.2 Å². The number of hydrogen-bond donors (Lipinski definition) is 0. The van der Waals surface area contributed by atoms with Crippen molar-refractivity contribution in [3.05, 3.63) is 90.0 Å². The van der Waals surface area contributed by atoms with E-state index in [2.05, 4.69) is 83.1 Å². The van der Waals surface area contributed by atoms with Crippen LogP contribution in [0.2, 0.25) is 0 Å². The summed E-state index contributed by atoms with van der Waals surface area (Å²) in [6, 6.07) is 27.5. The van der Waals surface area contributed by atoms with Crippen LogP contribution in [-0.2, 0) is 5.41 Å². The van der Waals surface area contributed by atoms with Crippen molar-refractivity contribution in [3.8, 4) is 34.2 Å².